The molecule has 1 saturated carbocycles. The van der Waals surface area contributed by atoms with Crippen LogP contribution in [0.2, 0.25) is 0 Å². The first-order valence-electron chi connectivity index (χ1n) is 10.6. The van der Waals surface area contributed by atoms with Crippen LogP contribution in [-0.4, -0.2) is 41.5 Å². The predicted octanol–water partition coefficient (Wildman–Crippen LogP) is 4.60. The summed E-state index contributed by atoms with van der Waals surface area (Å²) < 4.78 is 7.30. The van der Waals surface area contributed by atoms with Gasteiger partial charge < -0.3 is 4.74 Å². The lowest BCUT2D eigenvalue weighted by Gasteiger charge is -2.22. The van der Waals surface area contributed by atoms with Gasteiger partial charge in [0.25, 0.3) is 0 Å². The highest BCUT2D eigenvalue weighted by Gasteiger charge is 2.24. The Kier molecular flexibility index (Phi) is 5.94. The van der Waals surface area contributed by atoms with Crippen LogP contribution in [0.25, 0.3) is 11.3 Å². The van der Waals surface area contributed by atoms with E-state index in [2.05, 4.69) is 35.4 Å². The highest BCUT2D eigenvalue weighted by molar-refractivity contribution is 5.63. The van der Waals surface area contributed by atoms with Gasteiger partial charge in [-0.3, -0.25) is 9.58 Å². The first-order chi connectivity index (χ1) is 13.2. The maximum Gasteiger partial charge on any atom is 0.0968 e. The number of benzene rings is 1. The molecule has 0 spiro atoms. The van der Waals surface area contributed by atoms with Crippen LogP contribution in [0.1, 0.15) is 55.6 Å². The van der Waals surface area contributed by atoms with E-state index in [9.17, 15) is 0 Å². The van der Waals surface area contributed by atoms with Crippen molar-refractivity contribution in [2.75, 3.05) is 26.8 Å². The van der Waals surface area contributed by atoms with Crippen LogP contribution in [-0.2, 0) is 18.3 Å². The van der Waals surface area contributed by atoms with Gasteiger partial charge in [0, 0.05) is 44.6 Å². The Balaban J connectivity index is 1.47. The second kappa shape index (κ2) is 8.57. The summed E-state index contributed by atoms with van der Waals surface area (Å²) >= 11 is 0. The van der Waals surface area contributed by atoms with Crippen molar-refractivity contribution in [3.8, 4) is 11.3 Å². The molecule has 0 amide bonds. The number of nitrogens with zero attached hydrogens (tertiary/aromatic N) is 3. The van der Waals surface area contributed by atoms with Crippen LogP contribution in [0.4, 0.5) is 0 Å². The number of rotatable bonds is 6. The van der Waals surface area contributed by atoms with E-state index in [1.165, 1.54) is 55.2 Å². The fourth-order valence-electron chi connectivity index (χ4n) is 4.91. The SMILES string of the molecule is COC[C@@H]1CCN(Cc2cn(C)nc2-c2ccc(C3CCCCC3)cc2)C1. The second-order valence-corrected chi connectivity index (χ2v) is 8.48. The fraction of sp³-hybridized carbons (Fsp3) is 0.609. The zero-order valence-electron chi connectivity index (χ0n) is 16.9. The third kappa shape index (κ3) is 4.44. The van der Waals surface area contributed by atoms with Crippen molar-refractivity contribution in [1.29, 1.82) is 0 Å². The number of likely N-dealkylation sites (tertiary alicyclic amines) is 1. The molecule has 1 aromatic carbocycles. The van der Waals surface area contributed by atoms with Crippen LogP contribution >= 0.6 is 0 Å². The van der Waals surface area contributed by atoms with Crippen molar-refractivity contribution in [2.45, 2.75) is 51.0 Å². The molecule has 0 N–H and O–H groups in total. The molecule has 4 heteroatoms. The van der Waals surface area contributed by atoms with Gasteiger partial charge in [-0.2, -0.15) is 5.10 Å². The van der Waals surface area contributed by atoms with E-state index >= 15 is 0 Å². The quantitative estimate of drug-likeness (QED) is 0.747. The van der Waals surface area contributed by atoms with E-state index in [0.29, 0.717) is 5.92 Å². The number of aryl methyl sites for hydroxylation is 1. The van der Waals surface area contributed by atoms with E-state index in [-0.39, 0.29) is 0 Å². The molecular formula is C23H33N3O. The minimum atomic E-state index is 0.671. The molecule has 1 saturated heterocycles. The van der Waals surface area contributed by atoms with Gasteiger partial charge in [0.1, 0.15) is 0 Å². The molecule has 2 aromatic rings. The van der Waals surface area contributed by atoms with Gasteiger partial charge in [-0.25, -0.2) is 0 Å². The van der Waals surface area contributed by atoms with Crippen molar-refractivity contribution >= 4 is 0 Å². The second-order valence-electron chi connectivity index (χ2n) is 8.48. The standard InChI is InChI=1S/C23H33N3O/c1-25-15-22(16-26-13-12-18(14-26)17-27-2)23(24-25)21-10-8-20(9-11-21)19-6-4-3-5-7-19/h8-11,15,18-19H,3-7,12-14,16-17H2,1-2H3/t18-/m1/s1. The monoisotopic (exact) mass is 367 g/mol. The molecular weight excluding hydrogens is 334 g/mol. The molecule has 1 aromatic heterocycles. The Labute approximate surface area is 163 Å². The molecule has 1 aliphatic heterocycles. The topological polar surface area (TPSA) is 30.3 Å². The minimum absolute atomic E-state index is 0.671. The normalized spacial score (nSPS) is 21.8. The van der Waals surface area contributed by atoms with E-state index < -0.39 is 0 Å². The van der Waals surface area contributed by atoms with Gasteiger partial charge in [0.05, 0.1) is 12.3 Å². The average Bonchev–Trinajstić information content (AvgIpc) is 3.29. The van der Waals surface area contributed by atoms with Crippen molar-refractivity contribution in [3.05, 3.63) is 41.6 Å². The zero-order valence-corrected chi connectivity index (χ0v) is 16.9. The van der Waals surface area contributed by atoms with E-state index in [1.807, 2.05) is 11.7 Å². The Morgan fingerprint density at radius 3 is 2.59 bits per heavy atom. The zero-order chi connectivity index (χ0) is 18.6. The molecule has 2 aliphatic rings. The maximum atomic E-state index is 5.34. The molecule has 0 unspecified atom stereocenters. The Morgan fingerprint density at radius 2 is 1.85 bits per heavy atom. The van der Waals surface area contributed by atoms with Crippen LogP contribution in [0.15, 0.2) is 30.5 Å². The van der Waals surface area contributed by atoms with Crippen LogP contribution in [0.3, 0.4) is 0 Å². The van der Waals surface area contributed by atoms with Crippen molar-refractivity contribution in [1.82, 2.24) is 14.7 Å². The van der Waals surface area contributed by atoms with Gasteiger partial charge >= 0.3 is 0 Å². The third-order valence-corrected chi connectivity index (χ3v) is 6.33. The molecule has 0 radical (unpaired) electrons. The molecule has 2 fully saturated rings. The number of aromatic nitrogens is 2. The Morgan fingerprint density at radius 1 is 1.07 bits per heavy atom. The fourth-order valence-corrected chi connectivity index (χ4v) is 4.91. The smallest absolute Gasteiger partial charge is 0.0968 e. The molecule has 27 heavy (non-hydrogen) atoms. The first-order valence-corrected chi connectivity index (χ1v) is 10.6. The summed E-state index contributed by atoms with van der Waals surface area (Å²) in [6.07, 6.45) is 10.3. The average molecular weight is 368 g/mol. The van der Waals surface area contributed by atoms with Gasteiger partial charge in [0.15, 0.2) is 0 Å². The minimum Gasteiger partial charge on any atom is -0.384 e. The first kappa shape index (κ1) is 18.7. The largest absolute Gasteiger partial charge is 0.384 e. The lowest BCUT2D eigenvalue weighted by Crippen LogP contribution is -2.21. The maximum absolute atomic E-state index is 5.34. The van der Waals surface area contributed by atoms with Gasteiger partial charge in [-0.05, 0) is 43.2 Å². The predicted molar refractivity (Wildman–Crippen MR) is 110 cm³/mol. The summed E-state index contributed by atoms with van der Waals surface area (Å²) in [6, 6.07) is 9.25. The van der Waals surface area contributed by atoms with E-state index in [4.69, 9.17) is 9.84 Å². The number of ether oxygens (including phenoxy) is 1. The Hall–Kier alpha value is -1.65. The lowest BCUT2D eigenvalue weighted by molar-refractivity contribution is 0.152. The number of hydrogen-bond donors (Lipinski definition) is 0. The molecule has 146 valence electrons. The van der Waals surface area contributed by atoms with Gasteiger partial charge in [-0.1, -0.05) is 43.5 Å². The highest BCUT2D eigenvalue weighted by Crippen LogP contribution is 2.34. The molecule has 4 nitrogen and oxygen atoms in total. The van der Waals surface area contributed by atoms with E-state index in [1.54, 1.807) is 7.11 Å². The van der Waals surface area contributed by atoms with Crippen molar-refractivity contribution < 1.29 is 4.74 Å². The summed E-state index contributed by atoms with van der Waals surface area (Å²) in [5, 5.41) is 4.79. The van der Waals surface area contributed by atoms with Gasteiger partial charge in [-0.15, -0.1) is 0 Å². The summed E-state index contributed by atoms with van der Waals surface area (Å²) in [4.78, 5) is 2.54. The summed E-state index contributed by atoms with van der Waals surface area (Å²) in [5.41, 5.74) is 5.24. The van der Waals surface area contributed by atoms with Gasteiger partial charge in [0.2, 0.25) is 0 Å². The summed E-state index contributed by atoms with van der Waals surface area (Å²) in [6.45, 7) is 4.14. The molecule has 4 rings (SSSR count). The van der Waals surface area contributed by atoms with Crippen LogP contribution < -0.4 is 0 Å². The third-order valence-electron chi connectivity index (χ3n) is 6.33. The molecule has 1 atom stereocenters. The molecule has 2 heterocycles. The highest BCUT2D eigenvalue weighted by atomic mass is 16.5. The van der Waals surface area contributed by atoms with Crippen molar-refractivity contribution in [2.24, 2.45) is 13.0 Å². The van der Waals surface area contributed by atoms with Crippen LogP contribution in [0, 0.1) is 5.92 Å². The van der Waals surface area contributed by atoms with E-state index in [0.717, 1.165) is 37.9 Å². The van der Waals surface area contributed by atoms with Crippen LogP contribution in [0.5, 0.6) is 0 Å². The molecule has 1 aliphatic carbocycles. The number of hydrogen-bond acceptors (Lipinski definition) is 3. The Bertz CT molecular complexity index is 731. The molecule has 0 bridgehead atoms. The lowest BCUT2D eigenvalue weighted by atomic mass is 9.84. The summed E-state index contributed by atoms with van der Waals surface area (Å²) in [7, 11) is 3.83. The summed E-state index contributed by atoms with van der Waals surface area (Å²) in [5.74, 6) is 1.43. The van der Waals surface area contributed by atoms with Crippen molar-refractivity contribution in [3.63, 3.8) is 0 Å². The number of methoxy groups -OCH3 is 1.